The van der Waals surface area contributed by atoms with E-state index < -0.39 is 49.5 Å². The number of aliphatic hydroxyl groups is 5. The van der Waals surface area contributed by atoms with E-state index in [1.165, 1.54) is 360 Å². The van der Waals surface area contributed by atoms with Crippen LogP contribution in [0.25, 0.3) is 0 Å². The standard InChI is InChI=1S/C79H153NO8/c1-3-5-7-9-11-13-15-17-19-21-23-25-27-29-30-31-32-33-34-35-36-37-38-39-40-41-42-43-44-45-47-49-51-53-55-57-59-61-63-65-67-69-75(83)80-72(71-87-79-78(86)77(85)76(84)74(70-81)88-79)73(82)68-66-64-62-60-58-56-54-52-50-48-46-28-26-24-22-20-18-16-14-12-10-8-6-4-2/h21,23,66,68,72-74,76-79,81-82,84-86H,3-20,22,24-65,67,69-71H2,1-2H3,(H,80,83)/b23-21-,68-66+. The molecule has 0 aromatic rings. The van der Waals surface area contributed by atoms with Gasteiger partial charge in [-0.3, -0.25) is 4.79 Å². The Labute approximate surface area is 547 Å². The van der Waals surface area contributed by atoms with E-state index in [0.29, 0.717) is 6.42 Å². The first-order valence-corrected chi connectivity index (χ1v) is 39.6. The molecule has 0 radical (unpaired) electrons. The van der Waals surface area contributed by atoms with E-state index in [4.69, 9.17) is 9.47 Å². The van der Waals surface area contributed by atoms with Crippen molar-refractivity contribution in [2.24, 2.45) is 0 Å². The zero-order valence-electron chi connectivity index (χ0n) is 58.8. The van der Waals surface area contributed by atoms with Crippen molar-refractivity contribution < 1.29 is 39.8 Å². The number of rotatable bonds is 71. The summed E-state index contributed by atoms with van der Waals surface area (Å²) in [4.78, 5) is 13.2. The van der Waals surface area contributed by atoms with Gasteiger partial charge in [-0.2, -0.15) is 0 Å². The van der Waals surface area contributed by atoms with Crippen LogP contribution in [0.2, 0.25) is 0 Å². The Kier molecular flexibility index (Phi) is 65.9. The minimum absolute atomic E-state index is 0.166. The highest BCUT2D eigenvalue weighted by atomic mass is 16.7. The number of carbonyl (C=O) groups is 1. The van der Waals surface area contributed by atoms with Crippen LogP contribution in [0.5, 0.6) is 0 Å². The Morgan fingerprint density at radius 2 is 0.636 bits per heavy atom. The molecular formula is C79H153NO8. The van der Waals surface area contributed by atoms with Gasteiger partial charge in [-0.15, -0.1) is 0 Å². The van der Waals surface area contributed by atoms with Gasteiger partial charge in [-0.25, -0.2) is 0 Å². The van der Waals surface area contributed by atoms with Crippen LogP contribution in [0.15, 0.2) is 24.3 Å². The first-order valence-electron chi connectivity index (χ1n) is 39.6. The van der Waals surface area contributed by atoms with Crippen molar-refractivity contribution in [1.29, 1.82) is 0 Å². The van der Waals surface area contributed by atoms with Crippen LogP contribution in [0.1, 0.15) is 418 Å². The molecule has 1 fully saturated rings. The lowest BCUT2D eigenvalue weighted by molar-refractivity contribution is -0.302. The zero-order valence-corrected chi connectivity index (χ0v) is 58.8. The molecule has 7 unspecified atom stereocenters. The van der Waals surface area contributed by atoms with E-state index in [0.717, 1.165) is 38.5 Å². The average Bonchev–Trinajstić information content (AvgIpc) is 3.31. The van der Waals surface area contributed by atoms with Crippen molar-refractivity contribution in [2.45, 2.75) is 461 Å². The Morgan fingerprint density at radius 3 is 0.920 bits per heavy atom. The Bertz CT molecular complexity index is 1440. The van der Waals surface area contributed by atoms with Gasteiger partial charge >= 0.3 is 0 Å². The zero-order chi connectivity index (χ0) is 63.5. The summed E-state index contributed by atoms with van der Waals surface area (Å²) in [5.41, 5.74) is 0. The normalized spacial score (nSPS) is 17.9. The third kappa shape index (κ3) is 56.2. The van der Waals surface area contributed by atoms with Gasteiger partial charge in [0.15, 0.2) is 6.29 Å². The Balaban J connectivity index is 2.03. The van der Waals surface area contributed by atoms with Gasteiger partial charge in [0.2, 0.25) is 5.91 Å². The van der Waals surface area contributed by atoms with E-state index in [1.807, 2.05) is 6.08 Å². The number of ether oxygens (including phenoxy) is 2. The van der Waals surface area contributed by atoms with Crippen LogP contribution in [0.4, 0.5) is 0 Å². The smallest absolute Gasteiger partial charge is 0.220 e. The molecule has 0 aromatic heterocycles. The molecule has 7 atom stereocenters. The molecule has 9 nitrogen and oxygen atoms in total. The number of unbranched alkanes of at least 4 members (excludes halogenated alkanes) is 59. The van der Waals surface area contributed by atoms with Gasteiger partial charge in [0, 0.05) is 6.42 Å². The molecule has 0 bridgehead atoms. The second-order valence-corrected chi connectivity index (χ2v) is 27.9. The van der Waals surface area contributed by atoms with Crippen molar-refractivity contribution in [3.63, 3.8) is 0 Å². The number of carbonyl (C=O) groups excluding carboxylic acids is 1. The maximum absolute atomic E-state index is 13.2. The molecule has 1 aliphatic rings. The molecular weight excluding hydrogens is 1090 g/mol. The number of amides is 1. The number of hydrogen-bond acceptors (Lipinski definition) is 8. The second-order valence-electron chi connectivity index (χ2n) is 27.9. The summed E-state index contributed by atoms with van der Waals surface area (Å²) >= 11 is 0. The van der Waals surface area contributed by atoms with Crippen molar-refractivity contribution in [1.82, 2.24) is 5.32 Å². The van der Waals surface area contributed by atoms with Crippen molar-refractivity contribution in [2.75, 3.05) is 13.2 Å². The van der Waals surface area contributed by atoms with E-state index in [1.54, 1.807) is 6.08 Å². The summed E-state index contributed by atoms with van der Waals surface area (Å²) in [5.74, 6) is -0.166. The molecule has 9 heteroatoms. The fourth-order valence-corrected chi connectivity index (χ4v) is 13.1. The maximum Gasteiger partial charge on any atom is 0.220 e. The largest absolute Gasteiger partial charge is 0.394 e. The lowest BCUT2D eigenvalue weighted by Gasteiger charge is -2.40. The quantitative estimate of drug-likeness (QED) is 0.0261. The lowest BCUT2D eigenvalue weighted by atomic mass is 9.99. The number of hydrogen-bond donors (Lipinski definition) is 6. The highest BCUT2D eigenvalue weighted by Crippen LogP contribution is 2.24. The van der Waals surface area contributed by atoms with Crippen molar-refractivity contribution in [3.05, 3.63) is 24.3 Å². The monoisotopic (exact) mass is 1240 g/mol. The molecule has 1 amide bonds. The summed E-state index contributed by atoms with van der Waals surface area (Å²) in [6.07, 6.45) is 84.8. The first kappa shape index (κ1) is 84.7. The molecule has 522 valence electrons. The fourth-order valence-electron chi connectivity index (χ4n) is 13.1. The minimum Gasteiger partial charge on any atom is -0.394 e. The molecule has 1 aliphatic heterocycles. The third-order valence-electron chi connectivity index (χ3n) is 19.3. The van der Waals surface area contributed by atoms with Crippen LogP contribution in [-0.2, 0) is 14.3 Å². The van der Waals surface area contributed by atoms with Gasteiger partial charge in [0.25, 0.3) is 0 Å². The molecule has 1 rings (SSSR count). The van der Waals surface area contributed by atoms with Gasteiger partial charge in [-0.05, 0) is 44.9 Å². The highest BCUT2D eigenvalue weighted by molar-refractivity contribution is 5.76. The topological polar surface area (TPSA) is 149 Å². The molecule has 6 N–H and O–H groups in total. The first-order chi connectivity index (χ1) is 43.3. The average molecular weight is 1250 g/mol. The Hall–Kier alpha value is -1.33. The van der Waals surface area contributed by atoms with Gasteiger partial charge in [-0.1, -0.05) is 391 Å². The van der Waals surface area contributed by atoms with E-state index >= 15 is 0 Å². The summed E-state index contributed by atoms with van der Waals surface area (Å²) in [5, 5.41) is 54.9. The number of aliphatic hydroxyl groups excluding tert-OH is 5. The highest BCUT2D eigenvalue weighted by Gasteiger charge is 2.44. The summed E-state index contributed by atoms with van der Waals surface area (Å²) in [6.45, 7) is 3.84. The number of nitrogens with one attached hydrogen (secondary N) is 1. The molecule has 0 aromatic carbocycles. The van der Waals surface area contributed by atoms with Crippen LogP contribution < -0.4 is 5.32 Å². The van der Waals surface area contributed by atoms with E-state index in [9.17, 15) is 30.3 Å². The van der Waals surface area contributed by atoms with Crippen LogP contribution in [0.3, 0.4) is 0 Å². The van der Waals surface area contributed by atoms with Crippen LogP contribution in [-0.4, -0.2) is 87.5 Å². The summed E-state index contributed by atoms with van der Waals surface area (Å²) in [7, 11) is 0. The lowest BCUT2D eigenvalue weighted by Crippen LogP contribution is -2.60. The van der Waals surface area contributed by atoms with E-state index in [-0.39, 0.29) is 12.5 Å². The summed E-state index contributed by atoms with van der Waals surface area (Å²) in [6, 6.07) is -0.803. The second kappa shape index (κ2) is 68.5. The van der Waals surface area contributed by atoms with Gasteiger partial charge in [0.1, 0.15) is 24.4 Å². The van der Waals surface area contributed by atoms with Gasteiger partial charge in [0.05, 0.1) is 25.4 Å². The molecule has 1 saturated heterocycles. The summed E-state index contributed by atoms with van der Waals surface area (Å²) < 4.78 is 11.3. The van der Waals surface area contributed by atoms with Gasteiger partial charge < -0.3 is 40.3 Å². The molecule has 1 heterocycles. The minimum atomic E-state index is -1.57. The predicted molar refractivity (Wildman–Crippen MR) is 378 cm³/mol. The predicted octanol–water partition coefficient (Wildman–Crippen LogP) is 22.4. The molecule has 88 heavy (non-hydrogen) atoms. The van der Waals surface area contributed by atoms with E-state index in [2.05, 4.69) is 31.3 Å². The van der Waals surface area contributed by atoms with Crippen LogP contribution in [0, 0.1) is 0 Å². The van der Waals surface area contributed by atoms with Crippen molar-refractivity contribution in [3.8, 4) is 0 Å². The number of allylic oxidation sites excluding steroid dienone is 3. The fraction of sp³-hybridized carbons (Fsp3) is 0.937. The third-order valence-corrected chi connectivity index (χ3v) is 19.3. The van der Waals surface area contributed by atoms with Crippen LogP contribution >= 0.6 is 0 Å². The maximum atomic E-state index is 13.2. The van der Waals surface area contributed by atoms with Crippen molar-refractivity contribution >= 4 is 5.91 Å². The molecule has 0 aliphatic carbocycles. The molecule has 0 spiro atoms. The molecule has 0 saturated carbocycles. The SMILES string of the molecule is CCCCCCCCCC/C=C\CCCCCCCCCCCCCCCCCCCCCCCCCCCCCCCC(=O)NC(COC1OC(CO)C(O)C(O)C1O)C(O)/C=C/CCCCCCCCCCCCCCCCCCCCCCCC. The Morgan fingerprint density at radius 1 is 0.375 bits per heavy atom.